The van der Waals surface area contributed by atoms with Gasteiger partial charge in [-0.05, 0) is 166 Å². The molecule has 0 radical (unpaired) electrons. The zero-order valence-corrected chi connectivity index (χ0v) is 30.7. The second kappa shape index (κ2) is 9.97. The number of rotatable bonds is 4. The van der Waals surface area contributed by atoms with Crippen molar-refractivity contribution in [2.45, 2.75) is 92.3 Å². The van der Waals surface area contributed by atoms with Gasteiger partial charge in [-0.15, -0.1) is 0 Å². The van der Waals surface area contributed by atoms with Crippen molar-refractivity contribution < 1.29 is 0 Å². The smallest absolute Gasteiger partial charge is 0.0464 e. The molecule has 11 rings (SSSR count). The van der Waals surface area contributed by atoms with Crippen molar-refractivity contribution in [1.82, 2.24) is 0 Å². The molecule has 1 nitrogen and oxygen atoms in total. The molecule has 2 spiro atoms. The lowest BCUT2D eigenvalue weighted by atomic mass is 9.26. The molecule has 4 fully saturated rings. The SMILES string of the molecule is CC1(C)CCC(C)(C)c2cc(N(c3ccccc3)c3ccc(-c4ccc5c(c4)C4(c6ccccc6S5)C5CC6CC7CC4C75C6)cc3)ccc21. The Bertz CT molecular complexity index is 2200. The molecule has 5 aromatic carbocycles. The minimum absolute atomic E-state index is 0.161. The Labute approximate surface area is 302 Å². The van der Waals surface area contributed by atoms with Gasteiger partial charge >= 0.3 is 0 Å². The molecule has 5 aliphatic carbocycles. The molecule has 4 saturated carbocycles. The van der Waals surface area contributed by atoms with Gasteiger partial charge in [0.1, 0.15) is 0 Å². The molecule has 0 amide bonds. The number of fused-ring (bicyclic) bond motifs is 8. The lowest BCUT2D eigenvalue weighted by molar-refractivity contribution is -0.235. The molecule has 6 unspecified atom stereocenters. The van der Waals surface area contributed by atoms with Crippen LogP contribution in [0.4, 0.5) is 17.1 Å². The van der Waals surface area contributed by atoms with Crippen LogP contribution in [0.15, 0.2) is 125 Å². The molecule has 2 heteroatoms. The third kappa shape index (κ3) is 3.72. The van der Waals surface area contributed by atoms with Crippen molar-refractivity contribution in [3.8, 4) is 11.1 Å². The van der Waals surface area contributed by atoms with Gasteiger partial charge in [-0.25, -0.2) is 0 Å². The Hall–Kier alpha value is -3.75. The largest absolute Gasteiger partial charge is 0.310 e. The van der Waals surface area contributed by atoms with Crippen molar-refractivity contribution in [3.05, 3.63) is 138 Å². The van der Waals surface area contributed by atoms with E-state index in [9.17, 15) is 0 Å². The normalized spacial score (nSPS) is 31.1. The van der Waals surface area contributed by atoms with Crippen LogP contribution in [0.5, 0.6) is 0 Å². The van der Waals surface area contributed by atoms with Crippen LogP contribution < -0.4 is 4.90 Å². The first-order chi connectivity index (χ1) is 24.2. The Kier molecular flexibility index (Phi) is 5.97. The summed E-state index contributed by atoms with van der Waals surface area (Å²) in [5.41, 5.74) is 13.8. The molecular formula is C48H47NS. The van der Waals surface area contributed by atoms with Crippen molar-refractivity contribution >= 4 is 28.8 Å². The minimum Gasteiger partial charge on any atom is -0.310 e. The molecule has 2 bridgehead atoms. The second-order valence-electron chi connectivity index (χ2n) is 18.1. The highest BCUT2D eigenvalue weighted by Crippen LogP contribution is 2.89. The van der Waals surface area contributed by atoms with Gasteiger partial charge in [0.2, 0.25) is 0 Å². The average molecular weight is 670 g/mol. The zero-order chi connectivity index (χ0) is 33.6. The third-order valence-electron chi connectivity index (χ3n) is 15.1. The van der Waals surface area contributed by atoms with Crippen LogP contribution in [-0.2, 0) is 16.2 Å². The summed E-state index contributed by atoms with van der Waals surface area (Å²) >= 11 is 2.01. The predicted octanol–water partition coefficient (Wildman–Crippen LogP) is 13.0. The highest BCUT2D eigenvalue weighted by molar-refractivity contribution is 7.99. The monoisotopic (exact) mass is 669 g/mol. The van der Waals surface area contributed by atoms with E-state index in [1.165, 1.54) is 87.6 Å². The van der Waals surface area contributed by atoms with Gasteiger partial charge in [0, 0.05) is 32.3 Å². The highest BCUT2D eigenvalue weighted by atomic mass is 32.2. The molecule has 1 heterocycles. The summed E-state index contributed by atoms with van der Waals surface area (Å²) in [6.07, 6.45) is 8.35. The van der Waals surface area contributed by atoms with Gasteiger partial charge in [-0.1, -0.05) is 100 Å². The van der Waals surface area contributed by atoms with Crippen LogP contribution in [-0.4, -0.2) is 0 Å². The maximum absolute atomic E-state index is 2.63. The van der Waals surface area contributed by atoms with E-state index in [2.05, 4.69) is 148 Å². The summed E-state index contributed by atoms with van der Waals surface area (Å²) in [6.45, 7) is 9.68. The third-order valence-corrected chi connectivity index (χ3v) is 16.2. The maximum atomic E-state index is 2.63. The van der Waals surface area contributed by atoms with Gasteiger partial charge in [-0.3, -0.25) is 0 Å². The molecule has 6 aliphatic rings. The van der Waals surface area contributed by atoms with Gasteiger partial charge in [0.15, 0.2) is 0 Å². The standard InChI is InChI=1S/C48H47NS/c1-45(2)22-23-46(3,4)39-28-36(19-20-37(39)45)49(34-10-6-5-7-11-34)35-17-14-31(15-18-35)32-16-21-42-40(26-32)48(38-12-8-9-13-41(38)50-42)43-25-30-24-33-27-44(48)47(33,43)29-30/h5-21,26,28,30,33,43-44H,22-25,27,29H2,1-4H3. The lowest BCUT2D eigenvalue weighted by Crippen LogP contribution is -2.74. The van der Waals surface area contributed by atoms with E-state index in [0.29, 0.717) is 5.41 Å². The quantitative estimate of drug-likeness (QED) is 0.187. The molecular weight excluding hydrogens is 623 g/mol. The molecule has 50 heavy (non-hydrogen) atoms. The van der Waals surface area contributed by atoms with Crippen LogP contribution in [0.25, 0.3) is 11.1 Å². The number of hydrogen-bond donors (Lipinski definition) is 0. The predicted molar refractivity (Wildman–Crippen MR) is 208 cm³/mol. The van der Waals surface area contributed by atoms with Crippen molar-refractivity contribution in [2.24, 2.45) is 29.1 Å². The fourth-order valence-electron chi connectivity index (χ4n) is 12.8. The summed E-state index contributed by atoms with van der Waals surface area (Å²) in [5, 5.41) is 0. The van der Waals surface area contributed by atoms with E-state index in [1.54, 1.807) is 11.1 Å². The van der Waals surface area contributed by atoms with Crippen LogP contribution in [0.1, 0.15) is 88.5 Å². The molecule has 0 aromatic heterocycles. The molecule has 5 aromatic rings. The van der Waals surface area contributed by atoms with E-state index < -0.39 is 0 Å². The van der Waals surface area contributed by atoms with Crippen molar-refractivity contribution in [2.75, 3.05) is 4.90 Å². The summed E-state index contributed by atoms with van der Waals surface area (Å²) < 4.78 is 0. The Morgan fingerprint density at radius 3 is 2.00 bits per heavy atom. The second-order valence-corrected chi connectivity index (χ2v) is 19.2. The van der Waals surface area contributed by atoms with Crippen LogP contribution in [0.3, 0.4) is 0 Å². The van der Waals surface area contributed by atoms with Gasteiger partial charge in [0.05, 0.1) is 0 Å². The summed E-state index contributed by atoms with van der Waals surface area (Å²) in [5.74, 6) is 3.61. The fourth-order valence-corrected chi connectivity index (χ4v) is 14.0. The number of benzene rings is 5. The molecule has 1 aliphatic heterocycles. The molecule has 0 saturated heterocycles. The van der Waals surface area contributed by atoms with E-state index in [-0.39, 0.29) is 16.2 Å². The average Bonchev–Trinajstić information content (AvgIpc) is 3.66. The first-order valence-corrected chi connectivity index (χ1v) is 20.0. The minimum atomic E-state index is 0.161. The van der Waals surface area contributed by atoms with Crippen LogP contribution in [0.2, 0.25) is 0 Å². The van der Waals surface area contributed by atoms with Crippen molar-refractivity contribution in [1.29, 1.82) is 0 Å². The van der Waals surface area contributed by atoms with Gasteiger partial charge < -0.3 is 4.90 Å². The van der Waals surface area contributed by atoms with E-state index >= 15 is 0 Å². The lowest BCUT2D eigenvalue weighted by Gasteiger charge is -2.78. The topological polar surface area (TPSA) is 3.24 Å². The molecule has 250 valence electrons. The first-order valence-electron chi connectivity index (χ1n) is 19.2. The Morgan fingerprint density at radius 1 is 0.540 bits per heavy atom. The van der Waals surface area contributed by atoms with Gasteiger partial charge in [0.25, 0.3) is 0 Å². The van der Waals surface area contributed by atoms with E-state index in [4.69, 9.17) is 0 Å². The number of nitrogens with zero attached hydrogens (tertiary/aromatic N) is 1. The first kappa shape index (κ1) is 29.9. The number of hydrogen-bond acceptors (Lipinski definition) is 2. The van der Waals surface area contributed by atoms with E-state index in [0.717, 1.165) is 23.7 Å². The summed E-state index contributed by atoms with van der Waals surface area (Å²) in [4.78, 5) is 5.46. The summed E-state index contributed by atoms with van der Waals surface area (Å²) in [6, 6.07) is 44.6. The van der Waals surface area contributed by atoms with Crippen LogP contribution >= 0.6 is 11.8 Å². The van der Waals surface area contributed by atoms with Crippen LogP contribution in [0, 0.1) is 29.1 Å². The maximum Gasteiger partial charge on any atom is 0.0464 e. The Morgan fingerprint density at radius 2 is 1.20 bits per heavy atom. The number of para-hydroxylation sites is 1. The Balaban J connectivity index is 0.995. The van der Waals surface area contributed by atoms with Gasteiger partial charge in [-0.2, -0.15) is 0 Å². The molecule has 6 atom stereocenters. The highest BCUT2D eigenvalue weighted by Gasteiger charge is 2.84. The summed E-state index contributed by atoms with van der Waals surface area (Å²) in [7, 11) is 0. The van der Waals surface area contributed by atoms with Crippen molar-refractivity contribution in [3.63, 3.8) is 0 Å². The number of anilines is 3. The zero-order valence-electron chi connectivity index (χ0n) is 29.9. The fraction of sp³-hybridized carbons (Fsp3) is 0.375. The molecule has 0 N–H and O–H groups in total. The van der Waals surface area contributed by atoms with E-state index in [1.807, 2.05) is 11.8 Å².